The molecular weight excluding hydrogens is 339 g/mol. The number of benzene rings is 1. The summed E-state index contributed by atoms with van der Waals surface area (Å²) in [4.78, 5) is 6.68. The number of likely N-dealkylation sites (N-methyl/N-ethyl adjacent to an activating group) is 1. The van der Waals surface area contributed by atoms with Crippen LogP contribution in [0.25, 0.3) is 0 Å². The lowest BCUT2D eigenvalue weighted by molar-refractivity contribution is 0.190. The van der Waals surface area contributed by atoms with Crippen LogP contribution in [0.15, 0.2) is 22.7 Å². The molecule has 1 unspecified atom stereocenters. The molecule has 124 valence electrons. The van der Waals surface area contributed by atoms with Crippen LogP contribution in [-0.4, -0.2) is 48.3 Å². The molecule has 3 rings (SSSR count). The van der Waals surface area contributed by atoms with Gasteiger partial charge in [-0.3, -0.25) is 4.90 Å². The van der Waals surface area contributed by atoms with Gasteiger partial charge in [0.1, 0.15) is 5.75 Å². The standard InChI is InChI=1S/C15H18Cl2N4O2/c1-21-6-5-18-9-13(21)15-19-14(23-20-15)4-7-22-10-2-3-11(16)12(17)8-10/h2-3,8,13,18H,4-7,9H2,1H3. The third-order valence-electron chi connectivity index (χ3n) is 3.77. The molecule has 0 amide bonds. The SMILES string of the molecule is CN1CCNCC1c1noc(CCOc2ccc(Cl)c(Cl)c2)n1. The van der Waals surface area contributed by atoms with E-state index in [0.29, 0.717) is 40.5 Å². The topological polar surface area (TPSA) is 63.4 Å². The molecule has 1 atom stereocenters. The first-order chi connectivity index (χ1) is 11.1. The number of hydrogen-bond donors (Lipinski definition) is 1. The quantitative estimate of drug-likeness (QED) is 0.888. The highest BCUT2D eigenvalue weighted by Gasteiger charge is 2.25. The zero-order valence-corrected chi connectivity index (χ0v) is 14.3. The summed E-state index contributed by atoms with van der Waals surface area (Å²) in [6.45, 7) is 3.21. The van der Waals surface area contributed by atoms with Crippen molar-refractivity contribution in [3.8, 4) is 5.75 Å². The average molecular weight is 357 g/mol. The van der Waals surface area contributed by atoms with Crippen molar-refractivity contribution in [3.05, 3.63) is 40.0 Å². The number of rotatable bonds is 5. The van der Waals surface area contributed by atoms with Crippen LogP contribution in [-0.2, 0) is 6.42 Å². The van der Waals surface area contributed by atoms with Gasteiger partial charge < -0.3 is 14.6 Å². The summed E-state index contributed by atoms with van der Waals surface area (Å²) in [5, 5.41) is 8.39. The van der Waals surface area contributed by atoms with Gasteiger partial charge in [-0.15, -0.1) is 0 Å². The lowest BCUT2D eigenvalue weighted by Crippen LogP contribution is -2.44. The van der Waals surface area contributed by atoms with Crippen LogP contribution < -0.4 is 10.1 Å². The van der Waals surface area contributed by atoms with Crippen LogP contribution in [0.1, 0.15) is 17.8 Å². The van der Waals surface area contributed by atoms with Gasteiger partial charge in [-0.05, 0) is 19.2 Å². The summed E-state index contributed by atoms with van der Waals surface area (Å²) >= 11 is 11.8. The Hall–Kier alpha value is -1.34. The summed E-state index contributed by atoms with van der Waals surface area (Å²) in [6, 6.07) is 5.31. The molecule has 0 bridgehead atoms. The minimum Gasteiger partial charge on any atom is -0.493 e. The first-order valence-corrected chi connectivity index (χ1v) is 8.20. The maximum absolute atomic E-state index is 5.95. The number of piperazine rings is 1. The summed E-state index contributed by atoms with van der Waals surface area (Å²) in [7, 11) is 2.06. The van der Waals surface area contributed by atoms with Crippen LogP contribution in [0.4, 0.5) is 0 Å². The van der Waals surface area contributed by atoms with Crippen molar-refractivity contribution in [2.24, 2.45) is 0 Å². The maximum atomic E-state index is 5.95. The highest BCUT2D eigenvalue weighted by atomic mass is 35.5. The Morgan fingerprint density at radius 3 is 3.04 bits per heavy atom. The molecule has 23 heavy (non-hydrogen) atoms. The van der Waals surface area contributed by atoms with E-state index in [4.69, 9.17) is 32.5 Å². The lowest BCUT2D eigenvalue weighted by Gasteiger charge is -2.30. The molecule has 8 heteroatoms. The van der Waals surface area contributed by atoms with Gasteiger partial charge in [-0.25, -0.2) is 0 Å². The monoisotopic (exact) mass is 356 g/mol. The number of nitrogens with zero attached hydrogens (tertiary/aromatic N) is 3. The minimum atomic E-state index is 0.150. The van der Waals surface area contributed by atoms with E-state index >= 15 is 0 Å². The van der Waals surface area contributed by atoms with E-state index in [-0.39, 0.29) is 6.04 Å². The van der Waals surface area contributed by atoms with Crippen LogP contribution in [0.3, 0.4) is 0 Å². The van der Waals surface area contributed by atoms with Crippen molar-refractivity contribution in [1.82, 2.24) is 20.4 Å². The summed E-state index contributed by atoms with van der Waals surface area (Å²) in [5.74, 6) is 1.94. The number of halogens is 2. The van der Waals surface area contributed by atoms with Crippen LogP contribution in [0.5, 0.6) is 5.75 Å². The molecule has 0 spiro atoms. The van der Waals surface area contributed by atoms with E-state index < -0.39 is 0 Å². The van der Waals surface area contributed by atoms with Crippen LogP contribution in [0, 0.1) is 0 Å². The van der Waals surface area contributed by atoms with Crippen molar-refractivity contribution in [1.29, 1.82) is 0 Å². The second-order valence-electron chi connectivity index (χ2n) is 5.42. The van der Waals surface area contributed by atoms with Crippen LogP contribution >= 0.6 is 23.2 Å². The number of nitrogens with one attached hydrogen (secondary N) is 1. The molecule has 1 aromatic carbocycles. The molecule has 1 saturated heterocycles. The molecule has 2 heterocycles. The summed E-state index contributed by atoms with van der Waals surface area (Å²) < 4.78 is 10.9. The van der Waals surface area contributed by atoms with E-state index in [1.807, 2.05) is 0 Å². The fourth-order valence-electron chi connectivity index (χ4n) is 2.42. The van der Waals surface area contributed by atoms with E-state index in [0.717, 1.165) is 19.6 Å². The first kappa shape index (κ1) is 16.5. The molecule has 0 saturated carbocycles. The van der Waals surface area contributed by atoms with Gasteiger partial charge in [0.15, 0.2) is 5.82 Å². The average Bonchev–Trinajstić information content (AvgIpc) is 3.00. The zero-order chi connectivity index (χ0) is 16.2. The second-order valence-corrected chi connectivity index (χ2v) is 6.24. The van der Waals surface area contributed by atoms with Crippen LogP contribution in [0.2, 0.25) is 10.0 Å². The third-order valence-corrected chi connectivity index (χ3v) is 4.51. The van der Waals surface area contributed by atoms with E-state index in [9.17, 15) is 0 Å². The molecule has 1 N–H and O–H groups in total. The molecule has 0 radical (unpaired) electrons. The molecule has 2 aromatic rings. The molecular formula is C15H18Cl2N4O2. The minimum absolute atomic E-state index is 0.150. The normalized spacial score (nSPS) is 19.0. The Balaban J connectivity index is 1.53. The van der Waals surface area contributed by atoms with Gasteiger partial charge >= 0.3 is 0 Å². The summed E-state index contributed by atoms with van der Waals surface area (Å²) in [6.07, 6.45) is 0.539. The number of hydrogen-bond acceptors (Lipinski definition) is 6. The van der Waals surface area contributed by atoms with E-state index in [2.05, 4.69) is 27.4 Å². The molecule has 1 aromatic heterocycles. The second kappa shape index (κ2) is 7.49. The van der Waals surface area contributed by atoms with Gasteiger partial charge in [0.05, 0.1) is 29.1 Å². The Morgan fingerprint density at radius 2 is 2.26 bits per heavy atom. The van der Waals surface area contributed by atoms with Gasteiger partial charge in [-0.2, -0.15) is 4.98 Å². The van der Waals surface area contributed by atoms with Gasteiger partial charge in [0.2, 0.25) is 5.89 Å². The van der Waals surface area contributed by atoms with Gasteiger partial charge in [0, 0.05) is 25.7 Å². The Morgan fingerprint density at radius 1 is 1.39 bits per heavy atom. The van der Waals surface area contributed by atoms with Crippen molar-refractivity contribution < 1.29 is 9.26 Å². The Bertz CT molecular complexity index is 665. The zero-order valence-electron chi connectivity index (χ0n) is 12.8. The van der Waals surface area contributed by atoms with Crippen molar-refractivity contribution in [3.63, 3.8) is 0 Å². The molecule has 6 nitrogen and oxygen atoms in total. The number of aromatic nitrogens is 2. The highest BCUT2D eigenvalue weighted by Crippen LogP contribution is 2.26. The largest absolute Gasteiger partial charge is 0.493 e. The fraction of sp³-hybridized carbons (Fsp3) is 0.467. The highest BCUT2D eigenvalue weighted by molar-refractivity contribution is 6.42. The predicted molar refractivity (Wildman–Crippen MR) is 88.2 cm³/mol. The molecule has 1 aliphatic heterocycles. The molecule has 1 fully saturated rings. The third kappa shape index (κ3) is 4.14. The maximum Gasteiger partial charge on any atom is 0.230 e. The number of ether oxygens (including phenoxy) is 1. The lowest BCUT2D eigenvalue weighted by atomic mass is 10.2. The molecule has 1 aliphatic rings. The molecule has 0 aliphatic carbocycles. The van der Waals surface area contributed by atoms with E-state index in [1.165, 1.54) is 0 Å². The Kier molecular flexibility index (Phi) is 5.38. The van der Waals surface area contributed by atoms with Crippen molar-refractivity contribution in [2.45, 2.75) is 12.5 Å². The van der Waals surface area contributed by atoms with Crippen molar-refractivity contribution in [2.75, 3.05) is 33.3 Å². The summed E-state index contributed by atoms with van der Waals surface area (Å²) in [5.41, 5.74) is 0. The van der Waals surface area contributed by atoms with Gasteiger partial charge in [-0.1, -0.05) is 28.4 Å². The Labute approximate surface area is 144 Å². The fourth-order valence-corrected chi connectivity index (χ4v) is 2.71. The first-order valence-electron chi connectivity index (χ1n) is 7.45. The van der Waals surface area contributed by atoms with Crippen molar-refractivity contribution >= 4 is 23.2 Å². The van der Waals surface area contributed by atoms with E-state index in [1.54, 1.807) is 18.2 Å². The predicted octanol–water partition coefficient (Wildman–Crippen LogP) is 2.57. The van der Waals surface area contributed by atoms with Gasteiger partial charge in [0.25, 0.3) is 0 Å². The smallest absolute Gasteiger partial charge is 0.230 e.